The summed E-state index contributed by atoms with van der Waals surface area (Å²) >= 11 is 0. The minimum Gasteiger partial charge on any atom is -0.393 e. The first kappa shape index (κ1) is 10.5. The van der Waals surface area contributed by atoms with Gasteiger partial charge in [0.1, 0.15) is 5.54 Å². The standard InChI is InChI=1S/C10H18N2O/c1-9(13)4-6-10(8-11)5-2-3-7-12-10/h9,12-13H,2-7H2,1H3. The Morgan fingerprint density at radius 2 is 2.38 bits per heavy atom. The molecule has 1 rings (SSSR count). The molecule has 0 aromatic carbocycles. The Kier molecular flexibility index (Phi) is 3.71. The van der Waals surface area contributed by atoms with Crippen molar-refractivity contribution in [1.82, 2.24) is 5.32 Å². The third kappa shape index (κ3) is 2.98. The van der Waals surface area contributed by atoms with Crippen LogP contribution in [0.3, 0.4) is 0 Å². The van der Waals surface area contributed by atoms with Gasteiger partial charge in [-0.1, -0.05) is 0 Å². The van der Waals surface area contributed by atoms with Gasteiger partial charge in [-0.05, 0) is 45.6 Å². The molecular formula is C10H18N2O. The predicted octanol–water partition coefficient (Wildman–Crippen LogP) is 1.18. The van der Waals surface area contributed by atoms with E-state index in [9.17, 15) is 0 Å². The maximum absolute atomic E-state index is 9.16. The second-order valence-corrected chi connectivity index (χ2v) is 3.97. The highest BCUT2D eigenvalue weighted by molar-refractivity contribution is 5.08. The number of hydrogen-bond donors (Lipinski definition) is 2. The Morgan fingerprint density at radius 3 is 2.85 bits per heavy atom. The van der Waals surface area contributed by atoms with Crippen LogP contribution in [0.15, 0.2) is 0 Å². The maximum Gasteiger partial charge on any atom is 0.106 e. The highest BCUT2D eigenvalue weighted by Gasteiger charge is 2.31. The summed E-state index contributed by atoms with van der Waals surface area (Å²) in [5.74, 6) is 0. The minimum absolute atomic E-state index is 0.297. The largest absolute Gasteiger partial charge is 0.393 e. The van der Waals surface area contributed by atoms with Crippen molar-refractivity contribution in [3.63, 3.8) is 0 Å². The van der Waals surface area contributed by atoms with E-state index in [1.807, 2.05) is 0 Å². The summed E-state index contributed by atoms with van der Waals surface area (Å²) in [6.07, 6.45) is 4.39. The van der Waals surface area contributed by atoms with Gasteiger partial charge in [-0.25, -0.2) is 0 Å². The molecule has 0 spiro atoms. The lowest BCUT2D eigenvalue weighted by Crippen LogP contribution is -2.47. The molecular weight excluding hydrogens is 164 g/mol. The molecule has 0 saturated carbocycles. The van der Waals surface area contributed by atoms with Gasteiger partial charge in [0, 0.05) is 0 Å². The van der Waals surface area contributed by atoms with E-state index < -0.39 is 0 Å². The Morgan fingerprint density at radius 1 is 1.62 bits per heavy atom. The fourth-order valence-electron chi connectivity index (χ4n) is 1.79. The molecule has 3 nitrogen and oxygen atoms in total. The van der Waals surface area contributed by atoms with Gasteiger partial charge in [0.05, 0.1) is 12.2 Å². The Hall–Kier alpha value is -0.590. The third-order valence-electron chi connectivity index (χ3n) is 2.70. The smallest absolute Gasteiger partial charge is 0.106 e. The van der Waals surface area contributed by atoms with Gasteiger partial charge < -0.3 is 5.11 Å². The van der Waals surface area contributed by atoms with Crippen molar-refractivity contribution < 1.29 is 5.11 Å². The number of aliphatic hydroxyl groups excluding tert-OH is 1. The fourth-order valence-corrected chi connectivity index (χ4v) is 1.79. The summed E-state index contributed by atoms with van der Waals surface area (Å²) in [6.45, 7) is 2.71. The maximum atomic E-state index is 9.16. The quantitative estimate of drug-likeness (QED) is 0.689. The summed E-state index contributed by atoms with van der Waals surface area (Å²) in [7, 11) is 0. The van der Waals surface area contributed by atoms with Gasteiger partial charge in [0.25, 0.3) is 0 Å². The highest BCUT2D eigenvalue weighted by Crippen LogP contribution is 2.24. The molecule has 2 N–H and O–H groups in total. The van der Waals surface area contributed by atoms with Gasteiger partial charge in [-0.3, -0.25) is 5.32 Å². The van der Waals surface area contributed by atoms with E-state index >= 15 is 0 Å². The van der Waals surface area contributed by atoms with E-state index in [4.69, 9.17) is 10.4 Å². The number of aliphatic hydroxyl groups is 1. The highest BCUT2D eigenvalue weighted by atomic mass is 16.3. The zero-order valence-corrected chi connectivity index (χ0v) is 8.21. The molecule has 1 saturated heterocycles. The average Bonchev–Trinajstić information content (AvgIpc) is 2.16. The molecule has 0 bridgehead atoms. The summed E-state index contributed by atoms with van der Waals surface area (Å²) < 4.78 is 0. The van der Waals surface area contributed by atoms with Gasteiger partial charge in [-0.15, -0.1) is 0 Å². The van der Waals surface area contributed by atoms with Crippen molar-refractivity contribution in [2.75, 3.05) is 6.54 Å². The van der Waals surface area contributed by atoms with Crippen molar-refractivity contribution in [2.45, 2.75) is 50.7 Å². The summed E-state index contributed by atoms with van der Waals surface area (Å²) in [5, 5.41) is 21.5. The lowest BCUT2D eigenvalue weighted by atomic mass is 9.85. The number of nitrogens with zero attached hydrogens (tertiary/aromatic N) is 1. The van der Waals surface area contributed by atoms with Gasteiger partial charge in [0.15, 0.2) is 0 Å². The molecule has 1 aliphatic rings. The first-order valence-electron chi connectivity index (χ1n) is 5.03. The molecule has 0 amide bonds. The molecule has 1 aliphatic heterocycles. The van der Waals surface area contributed by atoms with Gasteiger partial charge in [-0.2, -0.15) is 5.26 Å². The molecule has 0 radical (unpaired) electrons. The van der Waals surface area contributed by atoms with Crippen LogP contribution in [0.2, 0.25) is 0 Å². The summed E-state index contributed by atoms with van der Waals surface area (Å²) in [5.41, 5.74) is -0.352. The van der Waals surface area contributed by atoms with Crippen LogP contribution in [0.25, 0.3) is 0 Å². The lowest BCUT2D eigenvalue weighted by molar-refractivity contribution is 0.163. The molecule has 2 atom stereocenters. The number of piperidine rings is 1. The monoisotopic (exact) mass is 182 g/mol. The first-order valence-corrected chi connectivity index (χ1v) is 5.03. The molecule has 0 aromatic rings. The molecule has 0 aromatic heterocycles. The van der Waals surface area contributed by atoms with E-state index in [1.165, 1.54) is 0 Å². The SMILES string of the molecule is CC(O)CCC1(C#N)CCCCN1. The molecule has 0 aliphatic carbocycles. The molecule has 13 heavy (non-hydrogen) atoms. The van der Waals surface area contributed by atoms with Crippen LogP contribution in [-0.2, 0) is 0 Å². The molecule has 1 fully saturated rings. The normalized spacial score (nSPS) is 30.8. The van der Waals surface area contributed by atoms with Crippen molar-refractivity contribution in [3.05, 3.63) is 0 Å². The molecule has 74 valence electrons. The predicted molar refractivity (Wildman–Crippen MR) is 51.1 cm³/mol. The number of rotatable bonds is 3. The summed E-state index contributed by atoms with van der Waals surface area (Å²) in [6, 6.07) is 2.35. The third-order valence-corrected chi connectivity index (χ3v) is 2.70. The lowest BCUT2D eigenvalue weighted by Gasteiger charge is -2.32. The van der Waals surface area contributed by atoms with Crippen molar-refractivity contribution in [2.24, 2.45) is 0 Å². The molecule has 1 heterocycles. The minimum atomic E-state index is -0.352. The fraction of sp³-hybridized carbons (Fsp3) is 0.900. The Bertz CT molecular complexity index is 190. The second-order valence-electron chi connectivity index (χ2n) is 3.97. The van der Waals surface area contributed by atoms with E-state index in [0.29, 0.717) is 6.42 Å². The van der Waals surface area contributed by atoms with Crippen LogP contribution >= 0.6 is 0 Å². The number of nitrogens with one attached hydrogen (secondary N) is 1. The van der Waals surface area contributed by atoms with E-state index in [2.05, 4.69) is 11.4 Å². The van der Waals surface area contributed by atoms with Crippen molar-refractivity contribution >= 4 is 0 Å². The number of nitriles is 1. The van der Waals surface area contributed by atoms with Gasteiger partial charge >= 0.3 is 0 Å². The number of hydrogen-bond acceptors (Lipinski definition) is 3. The Balaban J connectivity index is 2.44. The van der Waals surface area contributed by atoms with Crippen molar-refractivity contribution in [3.8, 4) is 6.07 Å². The van der Waals surface area contributed by atoms with Crippen LogP contribution in [0.5, 0.6) is 0 Å². The first-order chi connectivity index (χ1) is 6.18. The van der Waals surface area contributed by atoms with Crippen molar-refractivity contribution in [1.29, 1.82) is 5.26 Å². The van der Waals surface area contributed by atoms with Crippen LogP contribution < -0.4 is 5.32 Å². The molecule has 2 unspecified atom stereocenters. The second kappa shape index (κ2) is 4.59. The zero-order chi connectivity index (χ0) is 9.73. The topological polar surface area (TPSA) is 56.0 Å². The Labute approximate surface area is 79.8 Å². The van der Waals surface area contributed by atoms with Crippen LogP contribution in [0.1, 0.15) is 39.0 Å². The van der Waals surface area contributed by atoms with Crippen LogP contribution in [0.4, 0.5) is 0 Å². The van der Waals surface area contributed by atoms with E-state index in [1.54, 1.807) is 6.92 Å². The molecule has 3 heteroatoms. The van der Waals surface area contributed by atoms with E-state index in [0.717, 1.165) is 32.2 Å². The van der Waals surface area contributed by atoms with E-state index in [-0.39, 0.29) is 11.6 Å². The average molecular weight is 182 g/mol. The van der Waals surface area contributed by atoms with Crippen LogP contribution in [-0.4, -0.2) is 23.3 Å². The van der Waals surface area contributed by atoms with Crippen LogP contribution in [0, 0.1) is 11.3 Å². The summed E-state index contributed by atoms with van der Waals surface area (Å²) in [4.78, 5) is 0. The zero-order valence-electron chi connectivity index (χ0n) is 8.21. The van der Waals surface area contributed by atoms with Gasteiger partial charge in [0.2, 0.25) is 0 Å².